The molecule has 5 aliphatic carbocycles. The molecular formula is C30H50O. The van der Waals surface area contributed by atoms with Crippen molar-refractivity contribution in [3.8, 4) is 0 Å². The molecule has 0 aliphatic heterocycles. The topological polar surface area (TPSA) is 20.2 Å². The summed E-state index contributed by atoms with van der Waals surface area (Å²) >= 11 is 0. The standard InChI is InChI=1S/C30H50O/c1-19(2)20-11-14-27(5)17-18-29(7)21(25(20)27)9-10-23-28(6)15-13-24(31)26(3,4)22(28)12-16-30(23,29)8/h20-25,31H,1,9-18H2,2-8H3/t20-,21+,22?,23?,24-,25+,27+,28-,29+,30+/m0/s1. The Kier molecular flexibility index (Phi) is 4.82. The van der Waals surface area contributed by atoms with Gasteiger partial charge in [0.05, 0.1) is 6.10 Å². The fourth-order valence-corrected chi connectivity index (χ4v) is 11.5. The van der Waals surface area contributed by atoms with E-state index in [1.54, 1.807) is 0 Å². The number of fused-ring (bicyclic) bond motifs is 7. The Balaban J connectivity index is 1.54. The zero-order valence-corrected chi connectivity index (χ0v) is 21.7. The lowest BCUT2D eigenvalue weighted by Crippen LogP contribution is -2.66. The molecule has 0 saturated heterocycles. The molecule has 0 heterocycles. The lowest BCUT2D eigenvalue weighted by Gasteiger charge is -2.73. The number of hydrogen-bond donors (Lipinski definition) is 1. The zero-order chi connectivity index (χ0) is 22.6. The van der Waals surface area contributed by atoms with Crippen LogP contribution in [-0.4, -0.2) is 11.2 Å². The molecule has 0 spiro atoms. The van der Waals surface area contributed by atoms with Gasteiger partial charge in [-0.3, -0.25) is 0 Å². The third-order valence-corrected chi connectivity index (χ3v) is 13.5. The van der Waals surface area contributed by atoms with E-state index in [0.717, 1.165) is 30.1 Å². The minimum atomic E-state index is -0.118. The van der Waals surface area contributed by atoms with Crippen LogP contribution in [-0.2, 0) is 0 Å². The van der Waals surface area contributed by atoms with Crippen LogP contribution in [0.5, 0.6) is 0 Å². The van der Waals surface area contributed by atoms with E-state index < -0.39 is 0 Å². The smallest absolute Gasteiger partial charge is 0.0594 e. The van der Waals surface area contributed by atoms with Gasteiger partial charge in [-0.25, -0.2) is 0 Å². The number of rotatable bonds is 1. The lowest BCUT2D eigenvalue weighted by atomic mass is 9.32. The normalized spacial score (nSPS) is 57.9. The van der Waals surface area contributed by atoms with Crippen molar-refractivity contribution in [2.24, 2.45) is 56.7 Å². The lowest BCUT2D eigenvalue weighted by molar-refractivity contribution is -0.246. The van der Waals surface area contributed by atoms with Crippen molar-refractivity contribution in [1.82, 2.24) is 0 Å². The molecule has 1 N–H and O–H groups in total. The fourth-order valence-electron chi connectivity index (χ4n) is 11.5. The summed E-state index contributed by atoms with van der Waals surface area (Å²) in [6.07, 6.45) is 13.4. The highest BCUT2D eigenvalue weighted by Crippen LogP contribution is 2.77. The van der Waals surface area contributed by atoms with Gasteiger partial charge in [-0.1, -0.05) is 53.7 Å². The van der Waals surface area contributed by atoms with Gasteiger partial charge in [0.1, 0.15) is 0 Å². The van der Waals surface area contributed by atoms with E-state index in [-0.39, 0.29) is 11.5 Å². The van der Waals surface area contributed by atoms with Crippen molar-refractivity contribution in [2.45, 2.75) is 119 Å². The molecule has 0 bridgehead atoms. The van der Waals surface area contributed by atoms with E-state index in [1.165, 1.54) is 63.4 Å². The summed E-state index contributed by atoms with van der Waals surface area (Å²) in [4.78, 5) is 0. The maximum absolute atomic E-state index is 10.9. The van der Waals surface area contributed by atoms with Crippen LogP contribution in [0.2, 0.25) is 0 Å². The second-order valence-corrected chi connectivity index (χ2v) is 14.7. The van der Waals surface area contributed by atoms with Crippen molar-refractivity contribution in [2.75, 3.05) is 0 Å². The average Bonchev–Trinajstić information content (AvgIpc) is 3.04. The van der Waals surface area contributed by atoms with Gasteiger partial charge in [0.2, 0.25) is 0 Å². The summed E-state index contributed by atoms with van der Waals surface area (Å²) in [6.45, 7) is 22.3. The van der Waals surface area contributed by atoms with Crippen LogP contribution >= 0.6 is 0 Å². The predicted molar refractivity (Wildman–Crippen MR) is 131 cm³/mol. The molecule has 10 atom stereocenters. The number of aliphatic hydroxyl groups is 1. The Hall–Kier alpha value is -0.300. The van der Waals surface area contributed by atoms with Crippen molar-refractivity contribution >= 4 is 0 Å². The van der Waals surface area contributed by atoms with Crippen LogP contribution in [0.15, 0.2) is 12.2 Å². The third-order valence-electron chi connectivity index (χ3n) is 13.5. The molecule has 2 unspecified atom stereocenters. The third kappa shape index (κ3) is 2.65. The van der Waals surface area contributed by atoms with Gasteiger partial charge >= 0.3 is 0 Å². The van der Waals surface area contributed by atoms with Gasteiger partial charge in [-0.05, 0) is 128 Å². The number of hydrogen-bond acceptors (Lipinski definition) is 1. The van der Waals surface area contributed by atoms with Crippen LogP contribution in [0.25, 0.3) is 0 Å². The molecule has 0 aromatic heterocycles. The Labute approximate surface area is 192 Å². The molecule has 0 aromatic carbocycles. The first-order valence-electron chi connectivity index (χ1n) is 13.6. The van der Waals surface area contributed by atoms with Crippen molar-refractivity contribution in [3.63, 3.8) is 0 Å². The van der Waals surface area contributed by atoms with Gasteiger partial charge in [0, 0.05) is 0 Å². The van der Waals surface area contributed by atoms with Gasteiger partial charge in [0.25, 0.3) is 0 Å². The van der Waals surface area contributed by atoms with Crippen LogP contribution in [0.4, 0.5) is 0 Å². The summed E-state index contributed by atoms with van der Waals surface area (Å²) < 4.78 is 0. The van der Waals surface area contributed by atoms with Crippen molar-refractivity contribution < 1.29 is 5.11 Å². The van der Waals surface area contributed by atoms with Gasteiger partial charge in [0.15, 0.2) is 0 Å². The first-order chi connectivity index (χ1) is 14.3. The highest BCUT2D eigenvalue weighted by Gasteiger charge is 2.70. The molecule has 31 heavy (non-hydrogen) atoms. The van der Waals surface area contributed by atoms with Crippen LogP contribution < -0.4 is 0 Å². The summed E-state index contributed by atoms with van der Waals surface area (Å²) in [6, 6.07) is 0. The molecule has 0 radical (unpaired) electrons. The van der Waals surface area contributed by atoms with Crippen molar-refractivity contribution in [1.29, 1.82) is 0 Å². The Bertz CT molecular complexity index is 766. The van der Waals surface area contributed by atoms with Crippen LogP contribution in [0, 0.1) is 56.7 Å². The molecule has 5 aliphatic rings. The molecule has 1 heteroatoms. The molecule has 176 valence electrons. The maximum atomic E-state index is 10.9. The minimum absolute atomic E-state index is 0.0632. The zero-order valence-electron chi connectivity index (χ0n) is 21.7. The molecular weight excluding hydrogens is 376 g/mol. The van der Waals surface area contributed by atoms with E-state index in [0.29, 0.717) is 27.6 Å². The Morgan fingerprint density at radius 1 is 0.742 bits per heavy atom. The molecule has 5 saturated carbocycles. The molecule has 5 fully saturated rings. The fraction of sp³-hybridized carbons (Fsp3) is 0.933. The van der Waals surface area contributed by atoms with E-state index in [2.05, 4.69) is 55.0 Å². The summed E-state index contributed by atoms with van der Waals surface area (Å²) in [5.74, 6) is 3.98. The van der Waals surface area contributed by atoms with E-state index in [9.17, 15) is 5.11 Å². The predicted octanol–water partition coefficient (Wildman–Crippen LogP) is 8.02. The summed E-state index contributed by atoms with van der Waals surface area (Å²) in [5, 5.41) is 10.9. The highest BCUT2D eigenvalue weighted by atomic mass is 16.3. The quantitative estimate of drug-likeness (QED) is 0.421. The van der Waals surface area contributed by atoms with Gasteiger partial charge in [-0.15, -0.1) is 0 Å². The summed E-state index contributed by atoms with van der Waals surface area (Å²) in [5.41, 5.74) is 3.38. The maximum Gasteiger partial charge on any atom is 0.0594 e. The highest BCUT2D eigenvalue weighted by molar-refractivity contribution is 5.21. The molecule has 1 nitrogen and oxygen atoms in total. The number of aliphatic hydroxyl groups excluding tert-OH is 1. The summed E-state index contributed by atoms with van der Waals surface area (Å²) in [7, 11) is 0. The van der Waals surface area contributed by atoms with E-state index >= 15 is 0 Å². The van der Waals surface area contributed by atoms with Crippen LogP contribution in [0.1, 0.15) is 113 Å². The average molecular weight is 427 g/mol. The largest absolute Gasteiger partial charge is 0.393 e. The van der Waals surface area contributed by atoms with Crippen molar-refractivity contribution in [3.05, 3.63) is 12.2 Å². The monoisotopic (exact) mass is 426 g/mol. The Morgan fingerprint density at radius 2 is 1.45 bits per heavy atom. The van der Waals surface area contributed by atoms with Gasteiger partial charge < -0.3 is 5.11 Å². The molecule has 5 rings (SSSR count). The molecule has 0 aromatic rings. The minimum Gasteiger partial charge on any atom is -0.393 e. The first-order valence-corrected chi connectivity index (χ1v) is 13.6. The Morgan fingerprint density at radius 3 is 2.13 bits per heavy atom. The first kappa shape index (κ1) is 22.5. The second kappa shape index (κ2) is 6.64. The second-order valence-electron chi connectivity index (χ2n) is 14.7. The molecule has 0 amide bonds. The van der Waals surface area contributed by atoms with E-state index in [1.807, 2.05) is 0 Å². The SMILES string of the molecule is C=C(C)[C@@H]1CC[C@]2(C)CC[C@]3(C)[C@H](CCC4[C@@]5(C)CC[C@H](O)C(C)(C)C5CC[C@]43C)[C@@H]12. The number of allylic oxidation sites excluding steroid dienone is 1. The van der Waals surface area contributed by atoms with E-state index in [4.69, 9.17) is 0 Å². The van der Waals surface area contributed by atoms with Crippen LogP contribution in [0.3, 0.4) is 0 Å². The van der Waals surface area contributed by atoms with Gasteiger partial charge in [-0.2, -0.15) is 0 Å².